The summed E-state index contributed by atoms with van der Waals surface area (Å²) in [7, 11) is 0. The number of benzene rings is 1. The number of likely N-dealkylation sites (tertiary alicyclic amines) is 1. The number of halogens is 1. The maximum Gasteiger partial charge on any atom is 0.0406 e. The van der Waals surface area contributed by atoms with Crippen LogP contribution in [0.5, 0.6) is 0 Å². The van der Waals surface area contributed by atoms with Crippen molar-refractivity contribution in [2.24, 2.45) is 11.1 Å². The van der Waals surface area contributed by atoms with Crippen LogP contribution in [0.2, 0.25) is 5.02 Å². The Morgan fingerprint density at radius 2 is 1.86 bits per heavy atom. The monoisotopic (exact) mass is 308 g/mol. The molecule has 118 valence electrons. The van der Waals surface area contributed by atoms with Crippen LogP contribution in [0.3, 0.4) is 0 Å². The van der Waals surface area contributed by atoms with Crippen molar-refractivity contribution in [2.75, 3.05) is 19.6 Å². The number of nitrogens with two attached hydrogens (primary N) is 1. The largest absolute Gasteiger partial charge is 0.329 e. The van der Waals surface area contributed by atoms with Crippen LogP contribution in [0.15, 0.2) is 24.3 Å². The van der Waals surface area contributed by atoms with Gasteiger partial charge < -0.3 is 5.73 Å². The molecule has 1 fully saturated rings. The second kappa shape index (κ2) is 6.68. The van der Waals surface area contributed by atoms with Crippen molar-refractivity contribution in [3.63, 3.8) is 0 Å². The molecule has 1 aliphatic heterocycles. The fraction of sp³-hybridized carbons (Fsp3) is 0.667. The fourth-order valence-electron chi connectivity index (χ4n) is 3.58. The van der Waals surface area contributed by atoms with E-state index in [1.807, 2.05) is 12.1 Å². The minimum atomic E-state index is 0.0416. The van der Waals surface area contributed by atoms with Crippen LogP contribution in [-0.4, -0.2) is 30.1 Å². The van der Waals surface area contributed by atoms with E-state index >= 15 is 0 Å². The standard InChI is InChI=1S/C18H29ClN2/c1-4-18(5-2)10-11-21(14-18)17(3,13-20)12-15-6-8-16(19)9-7-15/h6-9H,4-5,10-14,20H2,1-3H3. The van der Waals surface area contributed by atoms with Gasteiger partial charge in [-0.15, -0.1) is 0 Å². The highest BCUT2D eigenvalue weighted by Gasteiger charge is 2.42. The van der Waals surface area contributed by atoms with Crippen molar-refractivity contribution in [1.29, 1.82) is 0 Å². The molecule has 2 N–H and O–H groups in total. The zero-order valence-corrected chi connectivity index (χ0v) is 14.4. The predicted octanol–water partition coefficient (Wildman–Crippen LogP) is 4.11. The van der Waals surface area contributed by atoms with Crippen LogP contribution < -0.4 is 5.73 Å². The lowest BCUT2D eigenvalue weighted by molar-refractivity contribution is 0.118. The first-order chi connectivity index (χ1) is 9.97. The Kier molecular flexibility index (Phi) is 5.34. The van der Waals surface area contributed by atoms with Gasteiger partial charge in [-0.1, -0.05) is 37.6 Å². The Morgan fingerprint density at radius 3 is 2.33 bits per heavy atom. The van der Waals surface area contributed by atoms with Gasteiger partial charge in [-0.25, -0.2) is 0 Å². The van der Waals surface area contributed by atoms with E-state index in [-0.39, 0.29) is 5.54 Å². The number of hydrogen-bond acceptors (Lipinski definition) is 2. The summed E-state index contributed by atoms with van der Waals surface area (Å²) in [4.78, 5) is 2.62. The van der Waals surface area contributed by atoms with Gasteiger partial charge in [-0.3, -0.25) is 4.90 Å². The Hall–Kier alpha value is -0.570. The molecule has 3 heteroatoms. The Bertz CT molecular complexity index is 453. The minimum Gasteiger partial charge on any atom is -0.329 e. The molecule has 0 amide bonds. The van der Waals surface area contributed by atoms with Crippen molar-refractivity contribution < 1.29 is 0 Å². The summed E-state index contributed by atoms with van der Waals surface area (Å²) < 4.78 is 0. The zero-order chi connectivity index (χ0) is 15.5. The highest BCUT2D eigenvalue weighted by molar-refractivity contribution is 6.30. The van der Waals surface area contributed by atoms with Crippen molar-refractivity contribution in [1.82, 2.24) is 4.90 Å². The molecule has 0 aromatic heterocycles. The third kappa shape index (κ3) is 3.61. The Labute approximate surface area is 134 Å². The lowest BCUT2D eigenvalue weighted by Gasteiger charge is -2.40. The highest BCUT2D eigenvalue weighted by atomic mass is 35.5. The molecule has 0 bridgehead atoms. The summed E-state index contributed by atoms with van der Waals surface area (Å²) in [5.41, 5.74) is 8.02. The van der Waals surface area contributed by atoms with Crippen molar-refractivity contribution in [3.05, 3.63) is 34.9 Å². The second-order valence-corrected chi connectivity index (χ2v) is 7.32. The van der Waals surface area contributed by atoms with Gasteiger partial charge in [-0.05, 0) is 62.3 Å². The highest BCUT2D eigenvalue weighted by Crippen LogP contribution is 2.40. The van der Waals surface area contributed by atoms with Gasteiger partial charge in [0.1, 0.15) is 0 Å². The van der Waals surface area contributed by atoms with Crippen molar-refractivity contribution >= 4 is 11.6 Å². The molecule has 1 saturated heterocycles. The van der Waals surface area contributed by atoms with Crippen molar-refractivity contribution in [3.8, 4) is 0 Å². The van der Waals surface area contributed by atoms with Gasteiger partial charge in [0.05, 0.1) is 0 Å². The average molecular weight is 309 g/mol. The Morgan fingerprint density at radius 1 is 1.24 bits per heavy atom. The van der Waals surface area contributed by atoms with Gasteiger partial charge in [0, 0.05) is 23.7 Å². The normalized spacial score (nSPS) is 21.4. The smallest absolute Gasteiger partial charge is 0.0406 e. The molecular formula is C18H29ClN2. The van der Waals surface area contributed by atoms with Gasteiger partial charge in [-0.2, -0.15) is 0 Å². The molecule has 21 heavy (non-hydrogen) atoms. The summed E-state index contributed by atoms with van der Waals surface area (Å²) in [5.74, 6) is 0. The lowest BCUT2D eigenvalue weighted by Crippen LogP contribution is -2.52. The van der Waals surface area contributed by atoms with Gasteiger partial charge in [0.15, 0.2) is 0 Å². The SMILES string of the molecule is CCC1(CC)CCN(C(C)(CN)Cc2ccc(Cl)cc2)C1. The van der Waals surface area contributed by atoms with E-state index < -0.39 is 0 Å². The average Bonchev–Trinajstić information content (AvgIpc) is 2.95. The molecule has 1 heterocycles. The first-order valence-corrected chi connectivity index (χ1v) is 8.54. The molecular weight excluding hydrogens is 280 g/mol. The van der Waals surface area contributed by atoms with Crippen LogP contribution in [0.4, 0.5) is 0 Å². The number of rotatable bonds is 6. The van der Waals surface area contributed by atoms with E-state index in [0.29, 0.717) is 12.0 Å². The minimum absolute atomic E-state index is 0.0416. The summed E-state index contributed by atoms with van der Waals surface area (Å²) >= 11 is 5.98. The van der Waals surface area contributed by atoms with Gasteiger partial charge >= 0.3 is 0 Å². The van der Waals surface area contributed by atoms with E-state index in [4.69, 9.17) is 17.3 Å². The number of hydrogen-bond donors (Lipinski definition) is 1. The maximum absolute atomic E-state index is 6.17. The van der Waals surface area contributed by atoms with E-state index in [0.717, 1.165) is 11.4 Å². The molecule has 0 aliphatic carbocycles. The quantitative estimate of drug-likeness (QED) is 0.857. The molecule has 1 atom stereocenters. The topological polar surface area (TPSA) is 29.3 Å². The van der Waals surface area contributed by atoms with E-state index in [9.17, 15) is 0 Å². The van der Waals surface area contributed by atoms with Crippen LogP contribution >= 0.6 is 11.6 Å². The first kappa shape index (κ1) is 16.8. The second-order valence-electron chi connectivity index (χ2n) is 6.88. The molecule has 0 saturated carbocycles. The molecule has 1 unspecified atom stereocenters. The maximum atomic E-state index is 6.17. The zero-order valence-electron chi connectivity index (χ0n) is 13.7. The summed E-state index contributed by atoms with van der Waals surface area (Å²) in [5, 5.41) is 0.797. The molecule has 1 aliphatic rings. The van der Waals surface area contributed by atoms with Crippen LogP contribution in [-0.2, 0) is 6.42 Å². The third-order valence-corrected chi connectivity index (χ3v) is 5.89. The van der Waals surface area contributed by atoms with E-state index in [2.05, 4.69) is 37.8 Å². The van der Waals surface area contributed by atoms with Gasteiger partial charge in [0.25, 0.3) is 0 Å². The summed E-state index contributed by atoms with van der Waals surface area (Å²) in [6.07, 6.45) is 4.82. The predicted molar refractivity (Wildman–Crippen MR) is 91.8 cm³/mol. The van der Waals surface area contributed by atoms with Crippen LogP contribution in [0.1, 0.15) is 45.6 Å². The molecule has 2 rings (SSSR count). The molecule has 2 nitrogen and oxygen atoms in total. The lowest BCUT2D eigenvalue weighted by atomic mass is 9.81. The molecule has 1 aromatic carbocycles. The summed E-state index contributed by atoms with van der Waals surface area (Å²) in [6, 6.07) is 8.19. The molecule has 0 spiro atoms. The van der Waals surface area contributed by atoms with E-state index in [1.165, 1.54) is 37.9 Å². The van der Waals surface area contributed by atoms with E-state index in [1.54, 1.807) is 0 Å². The third-order valence-electron chi connectivity index (χ3n) is 5.64. The molecule has 0 radical (unpaired) electrons. The Balaban J connectivity index is 2.12. The summed E-state index contributed by atoms with van der Waals surface area (Å²) in [6.45, 7) is 10.0. The van der Waals surface area contributed by atoms with Gasteiger partial charge in [0.2, 0.25) is 0 Å². The number of nitrogens with zero attached hydrogens (tertiary/aromatic N) is 1. The fourth-order valence-corrected chi connectivity index (χ4v) is 3.70. The molecule has 1 aromatic rings. The van der Waals surface area contributed by atoms with Crippen molar-refractivity contribution in [2.45, 2.75) is 52.0 Å². The van der Waals surface area contributed by atoms with Crippen LogP contribution in [0.25, 0.3) is 0 Å². The van der Waals surface area contributed by atoms with Crippen LogP contribution in [0, 0.1) is 5.41 Å². The first-order valence-electron chi connectivity index (χ1n) is 8.16.